The lowest BCUT2D eigenvalue weighted by molar-refractivity contribution is 0.176. The normalized spacial score (nSPS) is 26.7. The number of hydrogen-bond donors (Lipinski definition) is 1. The standard InChI is InChI=1S/C20H22FN5OS/c1-25-8-7-11-9-16(28-19(11)20(25)27)13-5-6-17(24-23-13)26(2)15-10-12-3-4-14(22-12)18(15)21/h5-9,12,14-15,18,22H,3-4,10H2,1-2H3/t12?,14?,15-,18+/m1/s1. The molecule has 2 aliphatic rings. The van der Waals surface area contributed by atoms with Crippen LogP contribution in [-0.2, 0) is 7.05 Å². The molecule has 0 radical (unpaired) electrons. The lowest BCUT2D eigenvalue weighted by Crippen LogP contribution is -2.55. The molecule has 5 rings (SSSR count). The Morgan fingerprint density at radius 3 is 2.93 bits per heavy atom. The van der Waals surface area contributed by atoms with Crippen LogP contribution in [0.5, 0.6) is 0 Å². The van der Waals surface area contributed by atoms with E-state index in [2.05, 4.69) is 15.5 Å². The molecule has 4 atom stereocenters. The molecule has 2 bridgehead atoms. The van der Waals surface area contributed by atoms with E-state index in [1.54, 1.807) is 17.8 Å². The molecule has 3 aromatic rings. The largest absolute Gasteiger partial charge is 0.352 e. The molecule has 6 nitrogen and oxygen atoms in total. The number of pyridine rings is 1. The summed E-state index contributed by atoms with van der Waals surface area (Å²) in [5, 5.41) is 13.0. The molecule has 0 amide bonds. The number of alkyl halides is 1. The van der Waals surface area contributed by atoms with Gasteiger partial charge in [0.2, 0.25) is 0 Å². The molecule has 2 aliphatic heterocycles. The highest BCUT2D eigenvalue weighted by molar-refractivity contribution is 7.22. The maximum atomic E-state index is 14.8. The van der Waals surface area contributed by atoms with E-state index >= 15 is 0 Å². The van der Waals surface area contributed by atoms with Crippen LogP contribution in [0.2, 0.25) is 0 Å². The first-order chi connectivity index (χ1) is 13.5. The van der Waals surface area contributed by atoms with E-state index in [-0.39, 0.29) is 17.6 Å². The fraction of sp³-hybridized carbons (Fsp3) is 0.450. The van der Waals surface area contributed by atoms with Gasteiger partial charge in [-0.05, 0) is 43.5 Å². The molecule has 28 heavy (non-hydrogen) atoms. The number of thiophene rings is 1. The summed E-state index contributed by atoms with van der Waals surface area (Å²) in [6, 6.07) is 7.87. The molecule has 1 N–H and O–H groups in total. The van der Waals surface area contributed by atoms with Gasteiger partial charge in [0.1, 0.15) is 16.6 Å². The van der Waals surface area contributed by atoms with Crippen molar-refractivity contribution in [2.24, 2.45) is 7.05 Å². The third-order valence-electron chi connectivity index (χ3n) is 6.07. The van der Waals surface area contributed by atoms with Gasteiger partial charge < -0.3 is 14.8 Å². The Labute approximate surface area is 166 Å². The van der Waals surface area contributed by atoms with Crippen molar-refractivity contribution in [3.8, 4) is 10.6 Å². The van der Waals surface area contributed by atoms with Crippen LogP contribution in [0.4, 0.5) is 10.2 Å². The van der Waals surface area contributed by atoms with Crippen molar-refractivity contribution in [3.63, 3.8) is 0 Å². The van der Waals surface area contributed by atoms with Crippen LogP contribution in [0.25, 0.3) is 20.7 Å². The topological polar surface area (TPSA) is 63.1 Å². The molecule has 2 saturated heterocycles. The SMILES string of the molecule is CN(c1ccc(-c2cc3ccn(C)c(=O)c3s2)nn1)[C@@H]1CC2CCC(N2)[C@@H]1F. The third-order valence-corrected chi connectivity index (χ3v) is 7.23. The summed E-state index contributed by atoms with van der Waals surface area (Å²) >= 11 is 1.43. The summed E-state index contributed by atoms with van der Waals surface area (Å²) in [6.07, 6.45) is 3.61. The van der Waals surface area contributed by atoms with Crippen molar-refractivity contribution < 1.29 is 4.39 Å². The highest BCUT2D eigenvalue weighted by atomic mass is 32.1. The van der Waals surface area contributed by atoms with Gasteiger partial charge in [0, 0.05) is 37.8 Å². The monoisotopic (exact) mass is 399 g/mol. The Balaban J connectivity index is 1.41. The van der Waals surface area contributed by atoms with Crippen molar-refractivity contribution in [2.75, 3.05) is 11.9 Å². The van der Waals surface area contributed by atoms with Crippen LogP contribution >= 0.6 is 11.3 Å². The van der Waals surface area contributed by atoms with Crippen molar-refractivity contribution >= 4 is 27.2 Å². The summed E-state index contributed by atoms with van der Waals surface area (Å²) in [4.78, 5) is 15.1. The Morgan fingerprint density at radius 1 is 1.29 bits per heavy atom. The fourth-order valence-electron chi connectivity index (χ4n) is 4.41. The van der Waals surface area contributed by atoms with Crippen LogP contribution in [0.3, 0.4) is 0 Å². The smallest absolute Gasteiger partial charge is 0.268 e. The minimum atomic E-state index is -0.899. The lowest BCUT2D eigenvalue weighted by atomic mass is 9.96. The van der Waals surface area contributed by atoms with Crippen molar-refractivity contribution in [3.05, 3.63) is 40.8 Å². The van der Waals surface area contributed by atoms with Crippen molar-refractivity contribution in [2.45, 2.75) is 43.6 Å². The number of nitrogens with zero attached hydrogens (tertiary/aromatic N) is 4. The van der Waals surface area contributed by atoms with Gasteiger partial charge in [-0.2, -0.15) is 0 Å². The van der Waals surface area contributed by atoms with E-state index in [4.69, 9.17) is 0 Å². The highest BCUT2D eigenvalue weighted by Gasteiger charge is 2.43. The maximum absolute atomic E-state index is 14.8. The highest BCUT2D eigenvalue weighted by Crippen LogP contribution is 2.34. The molecule has 0 spiro atoms. The second-order valence-corrected chi connectivity index (χ2v) is 8.86. The number of nitrogens with one attached hydrogen (secondary N) is 1. The Bertz CT molecular complexity index is 1080. The number of aromatic nitrogens is 3. The molecule has 146 valence electrons. The predicted molar refractivity (Wildman–Crippen MR) is 110 cm³/mol. The van der Waals surface area contributed by atoms with Crippen molar-refractivity contribution in [1.82, 2.24) is 20.1 Å². The molecule has 0 saturated carbocycles. The molecule has 3 aromatic heterocycles. The molecule has 0 aliphatic carbocycles. The minimum absolute atomic E-state index is 0.00686. The zero-order valence-corrected chi connectivity index (χ0v) is 16.6. The Hall–Kier alpha value is -2.32. The molecular formula is C20H22FN5OS. The second-order valence-electron chi connectivity index (χ2n) is 7.81. The fourth-order valence-corrected chi connectivity index (χ4v) is 5.50. The molecule has 8 heteroatoms. The Morgan fingerprint density at radius 2 is 2.14 bits per heavy atom. The number of anilines is 1. The molecule has 5 heterocycles. The first-order valence-corrected chi connectivity index (χ1v) is 10.4. The summed E-state index contributed by atoms with van der Waals surface area (Å²) in [5.41, 5.74) is 0.718. The molecule has 2 unspecified atom stereocenters. The maximum Gasteiger partial charge on any atom is 0.268 e. The number of hydrogen-bond acceptors (Lipinski definition) is 6. The summed E-state index contributed by atoms with van der Waals surface area (Å²) in [5.74, 6) is 0.676. The number of rotatable bonds is 3. The van der Waals surface area contributed by atoms with E-state index in [0.29, 0.717) is 16.6 Å². The van der Waals surface area contributed by atoms with Gasteiger partial charge in [0.05, 0.1) is 10.9 Å². The van der Waals surface area contributed by atoms with E-state index in [1.165, 1.54) is 11.3 Å². The van der Waals surface area contributed by atoms with Gasteiger partial charge in [-0.1, -0.05) is 0 Å². The second kappa shape index (κ2) is 6.63. The van der Waals surface area contributed by atoms with E-state index in [0.717, 1.165) is 35.2 Å². The minimum Gasteiger partial charge on any atom is -0.352 e. The predicted octanol–water partition coefficient (Wildman–Crippen LogP) is 2.72. The molecular weight excluding hydrogens is 377 g/mol. The van der Waals surface area contributed by atoms with Crippen LogP contribution < -0.4 is 15.8 Å². The molecule has 0 aromatic carbocycles. The van der Waals surface area contributed by atoms with Gasteiger partial charge in [-0.25, -0.2) is 4.39 Å². The summed E-state index contributed by atoms with van der Waals surface area (Å²) < 4.78 is 17.1. The Kier molecular flexibility index (Phi) is 4.21. The zero-order valence-electron chi connectivity index (χ0n) is 15.8. The average Bonchev–Trinajstić information content (AvgIpc) is 3.32. The van der Waals surface area contributed by atoms with Crippen LogP contribution in [0.15, 0.2) is 35.3 Å². The first kappa shape index (κ1) is 17.8. The van der Waals surface area contributed by atoms with Gasteiger partial charge >= 0.3 is 0 Å². The van der Waals surface area contributed by atoms with Gasteiger partial charge in [-0.15, -0.1) is 21.5 Å². The van der Waals surface area contributed by atoms with Gasteiger partial charge in [-0.3, -0.25) is 4.79 Å². The zero-order chi connectivity index (χ0) is 19.4. The van der Waals surface area contributed by atoms with Gasteiger partial charge in [0.15, 0.2) is 5.82 Å². The number of aryl methyl sites for hydroxylation is 1. The van der Waals surface area contributed by atoms with Gasteiger partial charge in [0.25, 0.3) is 5.56 Å². The number of piperidine rings is 1. The van der Waals surface area contributed by atoms with E-state index in [1.807, 2.05) is 36.2 Å². The number of fused-ring (bicyclic) bond motifs is 3. The van der Waals surface area contributed by atoms with E-state index in [9.17, 15) is 9.18 Å². The van der Waals surface area contributed by atoms with E-state index < -0.39 is 6.17 Å². The van der Waals surface area contributed by atoms with Crippen molar-refractivity contribution in [1.29, 1.82) is 0 Å². The lowest BCUT2D eigenvalue weighted by Gasteiger charge is -2.38. The molecule has 2 fully saturated rings. The average molecular weight is 399 g/mol. The quantitative estimate of drug-likeness (QED) is 0.734. The van der Waals surface area contributed by atoms with Crippen LogP contribution in [0.1, 0.15) is 19.3 Å². The summed E-state index contributed by atoms with van der Waals surface area (Å²) in [6.45, 7) is 0. The first-order valence-electron chi connectivity index (χ1n) is 9.57. The summed E-state index contributed by atoms with van der Waals surface area (Å²) in [7, 11) is 3.64. The van der Waals surface area contributed by atoms with Crippen LogP contribution in [-0.4, -0.2) is 46.1 Å². The van der Waals surface area contributed by atoms with Crippen LogP contribution in [0, 0.1) is 0 Å². The number of halogens is 1. The third kappa shape index (κ3) is 2.82.